The van der Waals surface area contributed by atoms with Crippen molar-refractivity contribution in [3.05, 3.63) is 12.2 Å². The zero-order valence-corrected chi connectivity index (χ0v) is 6.37. The minimum Gasteiger partial charge on any atom is -0.328 e. The normalized spacial score (nSPS) is 13.4. The maximum atomic E-state index is 12.7. The van der Waals surface area contributed by atoms with Gasteiger partial charge in [0.25, 0.3) is 0 Å². The lowest BCUT2D eigenvalue weighted by molar-refractivity contribution is 0.331. The largest absolute Gasteiger partial charge is 0.328 e. The lowest BCUT2D eigenvalue weighted by Crippen LogP contribution is -2.19. The average Bonchev–Trinajstić information content (AvgIpc) is 2.37. The molecule has 0 aliphatic rings. The van der Waals surface area contributed by atoms with E-state index in [0.717, 1.165) is 0 Å². The zero-order valence-electron chi connectivity index (χ0n) is 6.37. The van der Waals surface area contributed by atoms with Crippen LogP contribution in [-0.2, 0) is 13.5 Å². The molecule has 5 heteroatoms. The summed E-state index contributed by atoms with van der Waals surface area (Å²) in [6, 6.07) is 0. The summed E-state index contributed by atoms with van der Waals surface area (Å²) < 4.78 is 14.2. The highest BCUT2D eigenvalue weighted by Gasteiger charge is 2.08. The Bertz CT molecular complexity index is 222. The summed E-state index contributed by atoms with van der Waals surface area (Å²) in [5, 5.41) is 3.80. The van der Waals surface area contributed by atoms with Crippen molar-refractivity contribution in [3.8, 4) is 0 Å². The molecule has 1 aromatic heterocycles. The third-order valence-electron chi connectivity index (χ3n) is 1.46. The lowest BCUT2D eigenvalue weighted by Gasteiger charge is -2.02. The van der Waals surface area contributed by atoms with Gasteiger partial charge in [-0.2, -0.15) is 5.10 Å². The number of hydrogen-bond donors (Lipinski definition) is 1. The second-order valence-corrected chi connectivity index (χ2v) is 2.34. The monoisotopic (exact) mass is 158 g/mol. The van der Waals surface area contributed by atoms with E-state index in [1.54, 1.807) is 11.7 Å². The average molecular weight is 158 g/mol. The number of aromatic nitrogens is 3. The van der Waals surface area contributed by atoms with Crippen molar-refractivity contribution in [1.82, 2.24) is 14.8 Å². The summed E-state index contributed by atoms with van der Waals surface area (Å²) in [5.41, 5.74) is 5.11. The van der Waals surface area contributed by atoms with E-state index >= 15 is 0 Å². The van der Waals surface area contributed by atoms with Crippen LogP contribution in [0.3, 0.4) is 0 Å². The van der Waals surface area contributed by atoms with E-state index in [-0.39, 0.29) is 13.0 Å². The van der Waals surface area contributed by atoms with Gasteiger partial charge in [0.1, 0.15) is 18.3 Å². The minimum atomic E-state index is -1.02. The standard InChI is InChI=1S/C6H11FN4/c1-11-6(9-4-10-11)2-5(7)3-8/h4-5H,2-3,8H2,1H3. The molecule has 1 unspecified atom stereocenters. The van der Waals surface area contributed by atoms with Crippen molar-refractivity contribution < 1.29 is 4.39 Å². The van der Waals surface area contributed by atoms with E-state index in [1.165, 1.54) is 6.33 Å². The summed E-state index contributed by atoms with van der Waals surface area (Å²) in [4.78, 5) is 3.86. The second-order valence-electron chi connectivity index (χ2n) is 2.34. The highest BCUT2D eigenvalue weighted by Crippen LogP contribution is 1.99. The van der Waals surface area contributed by atoms with Crippen LogP contribution in [0.1, 0.15) is 5.82 Å². The number of nitrogens with two attached hydrogens (primary N) is 1. The van der Waals surface area contributed by atoms with Gasteiger partial charge in [-0.1, -0.05) is 0 Å². The van der Waals surface area contributed by atoms with E-state index in [4.69, 9.17) is 5.73 Å². The number of alkyl halides is 1. The van der Waals surface area contributed by atoms with Crippen LogP contribution >= 0.6 is 0 Å². The fraction of sp³-hybridized carbons (Fsp3) is 0.667. The summed E-state index contributed by atoms with van der Waals surface area (Å²) in [5.74, 6) is 0.628. The summed E-state index contributed by atoms with van der Waals surface area (Å²) in [7, 11) is 1.73. The molecule has 1 rings (SSSR count). The van der Waals surface area contributed by atoms with E-state index in [9.17, 15) is 4.39 Å². The van der Waals surface area contributed by atoms with E-state index in [0.29, 0.717) is 5.82 Å². The number of hydrogen-bond acceptors (Lipinski definition) is 3. The van der Waals surface area contributed by atoms with Crippen molar-refractivity contribution in [2.75, 3.05) is 6.54 Å². The predicted molar refractivity (Wildman–Crippen MR) is 38.7 cm³/mol. The van der Waals surface area contributed by atoms with Crippen LogP contribution in [0.2, 0.25) is 0 Å². The van der Waals surface area contributed by atoms with Gasteiger partial charge in [0, 0.05) is 20.0 Å². The van der Waals surface area contributed by atoms with Crippen LogP contribution in [-0.4, -0.2) is 27.5 Å². The SMILES string of the molecule is Cn1ncnc1CC(F)CN. The molecule has 4 nitrogen and oxygen atoms in total. The minimum absolute atomic E-state index is 0.0346. The lowest BCUT2D eigenvalue weighted by atomic mass is 10.3. The Hall–Kier alpha value is -0.970. The Kier molecular flexibility index (Phi) is 2.53. The Morgan fingerprint density at radius 2 is 2.55 bits per heavy atom. The van der Waals surface area contributed by atoms with E-state index < -0.39 is 6.17 Å². The van der Waals surface area contributed by atoms with Crippen molar-refractivity contribution in [2.45, 2.75) is 12.6 Å². The zero-order chi connectivity index (χ0) is 8.27. The van der Waals surface area contributed by atoms with Crippen molar-refractivity contribution in [3.63, 3.8) is 0 Å². The Morgan fingerprint density at radius 3 is 3.00 bits per heavy atom. The molecular weight excluding hydrogens is 147 g/mol. The quantitative estimate of drug-likeness (QED) is 0.654. The predicted octanol–water partition coefficient (Wildman–Crippen LogP) is -0.346. The Labute approximate surface area is 64.2 Å². The fourth-order valence-electron chi connectivity index (χ4n) is 0.786. The molecule has 0 saturated heterocycles. The van der Waals surface area contributed by atoms with Crippen LogP contribution in [0.25, 0.3) is 0 Å². The first-order valence-corrected chi connectivity index (χ1v) is 3.41. The highest BCUT2D eigenvalue weighted by molar-refractivity contribution is 4.86. The van der Waals surface area contributed by atoms with Gasteiger partial charge >= 0.3 is 0 Å². The molecule has 0 spiro atoms. The first-order chi connectivity index (χ1) is 5.24. The molecule has 1 heterocycles. The molecule has 1 atom stereocenters. The van der Waals surface area contributed by atoms with Crippen molar-refractivity contribution in [2.24, 2.45) is 12.8 Å². The molecule has 0 aliphatic carbocycles. The summed E-state index contributed by atoms with van der Waals surface area (Å²) in [6.07, 6.45) is 0.629. The highest BCUT2D eigenvalue weighted by atomic mass is 19.1. The van der Waals surface area contributed by atoms with Crippen LogP contribution in [0.5, 0.6) is 0 Å². The number of rotatable bonds is 3. The molecule has 11 heavy (non-hydrogen) atoms. The maximum Gasteiger partial charge on any atom is 0.138 e. The van der Waals surface area contributed by atoms with E-state index in [1.807, 2.05) is 0 Å². The van der Waals surface area contributed by atoms with Crippen LogP contribution < -0.4 is 5.73 Å². The van der Waals surface area contributed by atoms with Gasteiger partial charge in [-0.25, -0.2) is 9.37 Å². The molecular formula is C6H11FN4. The Balaban J connectivity index is 2.56. The van der Waals surface area contributed by atoms with Gasteiger partial charge in [-0.3, -0.25) is 4.68 Å². The molecule has 0 bridgehead atoms. The van der Waals surface area contributed by atoms with Gasteiger partial charge in [-0.05, 0) is 0 Å². The summed E-state index contributed by atoms with van der Waals surface area (Å²) in [6.45, 7) is 0.0346. The van der Waals surface area contributed by atoms with Gasteiger partial charge < -0.3 is 5.73 Å². The first-order valence-electron chi connectivity index (χ1n) is 3.41. The Morgan fingerprint density at radius 1 is 1.82 bits per heavy atom. The molecule has 0 radical (unpaired) electrons. The number of aryl methyl sites for hydroxylation is 1. The molecule has 0 fully saturated rings. The smallest absolute Gasteiger partial charge is 0.138 e. The van der Waals surface area contributed by atoms with Gasteiger partial charge in [0.15, 0.2) is 0 Å². The van der Waals surface area contributed by atoms with Gasteiger partial charge in [0.2, 0.25) is 0 Å². The number of nitrogens with zero attached hydrogens (tertiary/aromatic N) is 3. The fourth-order valence-corrected chi connectivity index (χ4v) is 0.786. The van der Waals surface area contributed by atoms with Crippen LogP contribution in [0, 0.1) is 0 Å². The molecule has 0 aromatic carbocycles. The van der Waals surface area contributed by atoms with Gasteiger partial charge in [-0.15, -0.1) is 0 Å². The second kappa shape index (κ2) is 3.43. The molecule has 0 amide bonds. The molecule has 0 saturated carbocycles. The van der Waals surface area contributed by atoms with Gasteiger partial charge in [0.05, 0.1) is 0 Å². The topological polar surface area (TPSA) is 56.7 Å². The van der Waals surface area contributed by atoms with E-state index in [2.05, 4.69) is 10.1 Å². The maximum absolute atomic E-state index is 12.7. The molecule has 62 valence electrons. The molecule has 2 N–H and O–H groups in total. The number of halogens is 1. The first kappa shape index (κ1) is 8.13. The third-order valence-corrected chi connectivity index (χ3v) is 1.46. The van der Waals surface area contributed by atoms with Crippen LogP contribution in [0.4, 0.5) is 4.39 Å². The molecule has 0 aliphatic heterocycles. The van der Waals surface area contributed by atoms with Crippen LogP contribution in [0.15, 0.2) is 6.33 Å². The van der Waals surface area contributed by atoms with Crippen molar-refractivity contribution in [1.29, 1.82) is 0 Å². The third kappa shape index (κ3) is 1.98. The molecule has 1 aromatic rings. The van der Waals surface area contributed by atoms with Crippen molar-refractivity contribution >= 4 is 0 Å². The summed E-state index contributed by atoms with van der Waals surface area (Å²) >= 11 is 0.